The average molecular weight is 291 g/mol. The highest BCUT2D eigenvalue weighted by atomic mass is 32.2. The van der Waals surface area contributed by atoms with Gasteiger partial charge in [-0.25, -0.2) is 0 Å². The Morgan fingerprint density at radius 1 is 1.47 bits per heavy atom. The van der Waals surface area contributed by atoms with Crippen LogP contribution in [0.15, 0.2) is 33.6 Å². The smallest absolute Gasteiger partial charge is 0.263 e. The second-order valence-electron chi connectivity index (χ2n) is 3.88. The first-order valence-electron chi connectivity index (χ1n) is 5.49. The molecule has 1 amide bonds. The topological polar surface area (TPSA) is 51.5 Å². The van der Waals surface area contributed by atoms with Crippen LogP contribution in [-0.2, 0) is 4.79 Å². The maximum absolute atomic E-state index is 11.6. The van der Waals surface area contributed by atoms with Gasteiger partial charge in [-0.15, -0.1) is 0 Å². The lowest BCUT2D eigenvalue weighted by Gasteiger charge is -1.98. The Labute approximate surface area is 118 Å². The van der Waals surface area contributed by atoms with E-state index in [0.717, 1.165) is 5.39 Å². The van der Waals surface area contributed by atoms with Crippen LogP contribution in [-0.4, -0.2) is 17.3 Å². The van der Waals surface area contributed by atoms with Gasteiger partial charge in [-0.2, -0.15) is 0 Å². The molecule has 96 valence electrons. The standard InChI is InChI=1S/C13H9NO3S2/c1-16-9-4-2-3-7-5-8(17-11(7)9)6-10-12(15)14-13(18)19-10/h2-6H,1H3,(H,14,15,18)/b10-6-. The first-order valence-corrected chi connectivity index (χ1v) is 6.71. The van der Waals surface area contributed by atoms with E-state index in [1.165, 1.54) is 11.8 Å². The third kappa shape index (κ3) is 2.24. The molecule has 1 N–H and O–H groups in total. The number of fused-ring (bicyclic) bond motifs is 1. The van der Waals surface area contributed by atoms with Crippen molar-refractivity contribution in [3.8, 4) is 5.75 Å². The summed E-state index contributed by atoms with van der Waals surface area (Å²) in [4.78, 5) is 12.1. The first kappa shape index (κ1) is 12.3. The number of furan rings is 1. The molecule has 0 saturated carbocycles. The molecular formula is C13H9NO3S2. The van der Waals surface area contributed by atoms with Crippen LogP contribution < -0.4 is 10.1 Å². The number of carbonyl (C=O) groups is 1. The van der Waals surface area contributed by atoms with Crippen LogP contribution in [0.4, 0.5) is 0 Å². The summed E-state index contributed by atoms with van der Waals surface area (Å²) < 4.78 is 11.4. The SMILES string of the molecule is COc1cccc2cc(/C=C3\SC(=S)NC3=O)oc12. The van der Waals surface area contributed by atoms with Gasteiger partial charge in [-0.1, -0.05) is 36.1 Å². The first-order chi connectivity index (χ1) is 9.17. The van der Waals surface area contributed by atoms with Crippen LogP contribution >= 0.6 is 24.0 Å². The van der Waals surface area contributed by atoms with Crippen molar-refractivity contribution >= 4 is 51.3 Å². The number of ether oxygens (including phenoxy) is 1. The second kappa shape index (κ2) is 4.71. The van der Waals surface area contributed by atoms with Gasteiger partial charge in [0.1, 0.15) is 10.1 Å². The highest BCUT2D eigenvalue weighted by Crippen LogP contribution is 2.31. The lowest BCUT2D eigenvalue weighted by Crippen LogP contribution is -2.17. The van der Waals surface area contributed by atoms with Crippen LogP contribution in [0.3, 0.4) is 0 Å². The molecule has 0 unspecified atom stereocenters. The normalized spacial score (nSPS) is 17.2. The molecule has 19 heavy (non-hydrogen) atoms. The molecule has 0 bridgehead atoms. The summed E-state index contributed by atoms with van der Waals surface area (Å²) in [6, 6.07) is 7.50. The average Bonchev–Trinajstić information content (AvgIpc) is 2.92. The third-order valence-corrected chi connectivity index (χ3v) is 3.83. The molecule has 2 heterocycles. The second-order valence-corrected chi connectivity index (χ2v) is 5.60. The van der Waals surface area contributed by atoms with Crippen molar-refractivity contribution in [2.45, 2.75) is 0 Å². The van der Waals surface area contributed by atoms with E-state index in [0.29, 0.717) is 26.3 Å². The van der Waals surface area contributed by atoms with E-state index in [-0.39, 0.29) is 5.91 Å². The predicted molar refractivity (Wildman–Crippen MR) is 79.1 cm³/mol. The van der Waals surface area contributed by atoms with Crippen molar-refractivity contribution in [3.05, 3.63) is 34.9 Å². The Morgan fingerprint density at radius 2 is 2.32 bits per heavy atom. The lowest BCUT2D eigenvalue weighted by atomic mass is 10.2. The number of hydrogen-bond acceptors (Lipinski definition) is 5. The lowest BCUT2D eigenvalue weighted by molar-refractivity contribution is -0.115. The molecule has 1 fully saturated rings. The van der Waals surface area contributed by atoms with E-state index >= 15 is 0 Å². The molecule has 0 aliphatic carbocycles. The summed E-state index contributed by atoms with van der Waals surface area (Å²) in [7, 11) is 1.59. The molecule has 0 spiro atoms. The number of hydrogen-bond donors (Lipinski definition) is 1. The van der Waals surface area contributed by atoms with Gasteiger partial charge in [0.05, 0.1) is 12.0 Å². The Morgan fingerprint density at radius 3 is 3.00 bits per heavy atom. The predicted octanol–water partition coefficient (Wildman–Crippen LogP) is 2.93. The van der Waals surface area contributed by atoms with Crippen molar-refractivity contribution in [1.82, 2.24) is 5.32 Å². The summed E-state index contributed by atoms with van der Waals surface area (Å²) in [6.45, 7) is 0. The fourth-order valence-electron chi connectivity index (χ4n) is 1.84. The van der Waals surface area contributed by atoms with Crippen LogP contribution in [0.1, 0.15) is 5.76 Å². The van der Waals surface area contributed by atoms with Gasteiger partial charge in [0.25, 0.3) is 5.91 Å². The molecular weight excluding hydrogens is 282 g/mol. The van der Waals surface area contributed by atoms with E-state index in [9.17, 15) is 4.79 Å². The van der Waals surface area contributed by atoms with E-state index < -0.39 is 0 Å². The summed E-state index contributed by atoms with van der Waals surface area (Å²) in [6.07, 6.45) is 1.68. The molecule has 1 aliphatic heterocycles. The van der Waals surface area contributed by atoms with Crippen molar-refractivity contribution in [3.63, 3.8) is 0 Å². The van der Waals surface area contributed by atoms with Crippen molar-refractivity contribution in [1.29, 1.82) is 0 Å². The zero-order valence-corrected chi connectivity index (χ0v) is 11.6. The van der Waals surface area contributed by atoms with Crippen molar-refractivity contribution in [2.24, 2.45) is 0 Å². The van der Waals surface area contributed by atoms with Gasteiger partial charge in [-0.3, -0.25) is 4.79 Å². The van der Waals surface area contributed by atoms with E-state index in [1.807, 2.05) is 24.3 Å². The number of methoxy groups -OCH3 is 1. The molecule has 4 nitrogen and oxygen atoms in total. The van der Waals surface area contributed by atoms with Gasteiger partial charge in [0.15, 0.2) is 11.3 Å². The van der Waals surface area contributed by atoms with E-state index in [4.69, 9.17) is 21.4 Å². The van der Waals surface area contributed by atoms with Gasteiger partial charge >= 0.3 is 0 Å². The van der Waals surface area contributed by atoms with Crippen LogP contribution in [0.2, 0.25) is 0 Å². The molecule has 2 aromatic rings. The molecule has 1 saturated heterocycles. The maximum Gasteiger partial charge on any atom is 0.263 e. The minimum atomic E-state index is -0.192. The Kier molecular flexibility index (Phi) is 3.04. The van der Waals surface area contributed by atoms with Gasteiger partial charge in [0, 0.05) is 11.5 Å². The number of rotatable bonds is 2. The molecule has 3 rings (SSSR count). The van der Waals surface area contributed by atoms with E-state index in [1.54, 1.807) is 13.2 Å². The van der Waals surface area contributed by atoms with E-state index in [2.05, 4.69) is 5.32 Å². The molecule has 0 radical (unpaired) electrons. The number of thioether (sulfide) groups is 1. The summed E-state index contributed by atoms with van der Waals surface area (Å²) >= 11 is 6.16. The number of amides is 1. The minimum Gasteiger partial charge on any atom is -0.493 e. The van der Waals surface area contributed by atoms with Gasteiger partial charge < -0.3 is 14.5 Å². The zero-order chi connectivity index (χ0) is 13.4. The Bertz CT molecular complexity index is 718. The Hall–Kier alpha value is -1.79. The van der Waals surface area contributed by atoms with Gasteiger partial charge in [-0.05, 0) is 12.1 Å². The summed E-state index contributed by atoms with van der Waals surface area (Å²) in [5, 5.41) is 3.49. The highest BCUT2D eigenvalue weighted by Gasteiger charge is 2.22. The zero-order valence-electron chi connectivity index (χ0n) is 9.93. The largest absolute Gasteiger partial charge is 0.493 e. The molecule has 0 atom stereocenters. The number of benzene rings is 1. The van der Waals surface area contributed by atoms with Crippen molar-refractivity contribution < 1.29 is 13.9 Å². The minimum absolute atomic E-state index is 0.192. The Balaban J connectivity index is 2.05. The van der Waals surface area contributed by atoms with Gasteiger partial charge in [0.2, 0.25) is 0 Å². The monoisotopic (exact) mass is 291 g/mol. The number of carbonyl (C=O) groups excluding carboxylic acids is 1. The highest BCUT2D eigenvalue weighted by molar-refractivity contribution is 8.26. The van der Waals surface area contributed by atoms with Crippen LogP contribution in [0.25, 0.3) is 17.0 Å². The third-order valence-electron chi connectivity index (χ3n) is 2.66. The van der Waals surface area contributed by atoms with Crippen LogP contribution in [0, 0.1) is 0 Å². The maximum atomic E-state index is 11.6. The summed E-state index contributed by atoms with van der Waals surface area (Å²) in [5.41, 5.74) is 0.669. The quantitative estimate of drug-likeness (QED) is 0.681. The van der Waals surface area contributed by atoms with Crippen LogP contribution in [0.5, 0.6) is 5.75 Å². The number of thiocarbonyl (C=S) groups is 1. The molecule has 1 aliphatic rings. The number of para-hydroxylation sites is 1. The fourth-order valence-corrected chi connectivity index (χ4v) is 2.86. The molecule has 1 aromatic heterocycles. The summed E-state index contributed by atoms with van der Waals surface area (Å²) in [5.74, 6) is 1.07. The fraction of sp³-hybridized carbons (Fsp3) is 0.0769. The van der Waals surface area contributed by atoms with Crippen molar-refractivity contribution in [2.75, 3.05) is 7.11 Å². The molecule has 6 heteroatoms. The number of nitrogens with one attached hydrogen (secondary N) is 1. The molecule has 1 aromatic carbocycles.